The molecule has 0 amide bonds. The lowest BCUT2D eigenvalue weighted by Crippen LogP contribution is -2.10. The van der Waals surface area contributed by atoms with Gasteiger partial charge in [0.1, 0.15) is 16.7 Å². The molecule has 63 heavy (non-hydrogen) atoms. The molecule has 0 aliphatic carbocycles. The average Bonchev–Trinajstić information content (AvgIpc) is 3.94. The van der Waals surface area contributed by atoms with Crippen LogP contribution in [0.2, 0.25) is 0 Å². The van der Waals surface area contributed by atoms with E-state index in [0.717, 1.165) is 99.9 Å². The van der Waals surface area contributed by atoms with Gasteiger partial charge in [-0.15, -0.1) is 0 Å². The van der Waals surface area contributed by atoms with E-state index < -0.39 is 0 Å². The highest BCUT2D eigenvalue weighted by atomic mass is 16.3. The highest BCUT2D eigenvalue weighted by Crippen LogP contribution is 2.43. The minimum atomic E-state index is 0.582. The molecule has 0 atom stereocenters. The van der Waals surface area contributed by atoms with Crippen LogP contribution in [-0.4, -0.2) is 15.0 Å². The molecule has 3 heterocycles. The average molecular weight is 809 g/mol. The van der Waals surface area contributed by atoms with Crippen molar-refractivity contribution in [2.75, 3.05) is 4.90 Å². The van der Waals surface area contributed by atoms with Crippen LogP contribution in [-0.2, 0) is 0 Å². The molecule has 0 aliphatic rings. The maximum Gasteiger partial charge on any atom is 0.164 e. The number of nitrogens with zero attached hydrogens (tertiary/aromatic N) is 4. The number of fused-ring (bicyclic) bond motifs is 6. The van der Waals surface area contributed by atoms with E-state index in [1.807, 2.05) is 66.7 Å². The van der Waals surface area contributed by atoms with Gasteiger partial charge in [-0.25, -0.2) is 15.0 Å². The van der Waals surface area contributed by atoms with E-state index in [0.29, 0.717) is 17.5 Å². The number of para-hydroxylation sites is 3. The van der Waals surface area contributed by atoms with Gasteiger partial charge in [-0.3, -0.25) is 0 Å². The lowest BCUT2D eigenvalue weighted by molar-refractivity contribution is 0.668. The summed E-state index contributed by atoms with van der Waals surface area (Å²) in [7, 11) is 0. The predicted molar refractivity (Wildman–Crippen MR) is 256 cm³/mol. The highest BCUT2D eigenvalue weighted by molar-refractivity contribution is 6.13. The standard InChI is InChI=1S/C57H36N4O2/c1-4-15-37(16-5-1)40-19-12-20-42(35-40)56-58-55(39-17-6-2-7-18-39)59-57(60-56)48-25-14-28-51-53(48)47-34-31-41(36-52(47)62-51)38-29-32-44(33-30-38)61(43-21-8-3-9-22-43)49-26-13-24-46-45-23-10-11-27-50(45)63-54(46)49/h1-36H. The fourth-order valence-corrected chi connectivity index (χ4v) is 8.72. The summed E-state index contributed by atoms with van der Waals surface area (Å²) in [6.45, 7) is 0. The molecule has 0 spiro atoms. The summed E-state index contributed by atoms with van der Waals surface area (Å²) >= 11 is 0. The molecule has 0 aliphatic heterocycles. The summed E-state index contributed by atoms with van der Waals surface area (Å²) in [5.74, 6) is 1.79. The lowest BCUT2D eigenvalue weighted by Gasteiger charge is -2.25. The summed E-state index contributed by atoms with van der Waals surface area (Å²) in [6.07, 6.45) is 0. The largest absolute Gasteiger partial charge is 0.456 e. The van der Waals surface area contributed by atoms with Crippen molar-refractivity contribution in [3.8, 4) is 56.4 Å². The van der Waals surface area contributed by atoms with Crippen molar-refractivity contribution in [3.63, 3.8) is 0 Å². The number of anilines is 3. The van der Waals surface area contributed by atoms with Gasteiger partial charge >= 0.3 is 0 Å². The zero-order valence-corrected chi connectivity index (χ0v) is 33.9. The Kier molecular flexibility index (Phi) is 8.71. The second-order valence-corrected chi connectivity index (χ2v) is 15.6. The number of hydrogen-bond acceptors (Lipinski definition) is 6. The molecule has 9 aromatic carbocycles. The first-order chi connectivity index (χ1) is 31.2. The van der Waals surface area contributed by atoms with E-state index >= 15 is 0 Å². The first kappa shape index (κ1) is 36.3. The van der Waals surface area contributed by atoms with Gasteiger partial charge in [0.15, 0.2) is 23.1 Å². The second kappa shape index (κ2) is 15.1. The Bertz CT molecular complexity index is 3620. The molecule has 0 N–H and O–H groups in total. The number of rotatable bonds is 8. The van der Waals surface area contributed by atoms with E-state index in [1.54, 1.807) is 0 Å². The van der Waals surface area contributed by atoms with Crippen LogP contribution in [0.3, 0.4) is 0 Å². The van der Waals surface area contributed by atoms with E-state index in [-0.39, 0.29) is 0 Å². The lowest BCUT2D eigenvalue weighted by atomic mass is 10.0. The number of hydrogen-bond donors (Lipinski definition) is 0. The predicted octanol–water partition coefficient (Wildman–Crippen LogP) is 15.5. The molecule has 0 fully saturated rings. The van der Waals surface area contributed by atoms with Gasteiger partial charge in [0.05, 0.1) is 5.69 Å². The maximum atomic E-state index is 6.62. The molecule has 0 radical (unpaired) electrons. The van der Waals surface area contributed by atoms with Crippen molar-refractivity contribution in [2.24, 2.45) is 0 Å². The number of aromatic nitrogens is 3. The molecule has 0 saturated carbocycles. The van der Waals surface area contributed by atoms with Crippen molar-refractivity contribution in [3.05, 3.63) is 218 Å². The summed E-state index contributed by atoms with van der Waals surface area (Å²) in [4.78, 5) is 17.5. The smallest absolute Gasteiger partial charge is 0.164 e. The Labute approximate surface area is 363 Å². The first-order valence-electron chi connectivity index (χ1n) is 21.0. The van der Waals surface area contributed by atoms with Crippen LogP contribution in [0.4, 0.5) is 17.1 Å². The fraction of sp³-hybridized carbons (Fsp3) is 0. The third kappa shape index (κ3) is 6.49. The Morgan fingerprint density at radius 1 is 0.317 bits per heavy atom. The minimum Gasteiger partial charge on any atom is -0.456 e. The summed E-state index contributed by atoms with van der Waals surface area (Å²) in [5, 5.41) is 4.14. The zero-order valence-electron chi connectivity index (χ0n) is 33.9. The summed E-state index contributed by atoms with van der Waals surface area (Å²) in [5.41, 5.74) is 13.4. The normalized spacial score (nSPS) is 11.5. The third-order valence-electron chi connectivity index (χ3n) is 11.7. The van der Waals surface area contributed by atoms with Gasteiger partial charge in [-0.05, 0) is 82.9 Å². The van der Waals surface area contributed by atoms with Gasteiger partial charge in [-0.1, -0.05) is 158 Å². The van der Waals surface area contributed by atoms with Gasteiger partial charge in [0.25, 0.3) is 0 Å². The van der Waals surface area contributed by atoms with Crippen molar-refractivity contribution in [2.45, 2.75) is 0 Å². The molecular formula is C57H36N4O2. The second-order valence-electron chi connectivity index (χ2n) is 15.6. The molecule has 6 heteroatoms. The van der Waals surface area contributed by atoms with E-state index in [4.69, 9.17) is 23.8 Å². The van der Waals surface area contributed by atoms with Gasteiger partial charge in [0, 0.05) is 49.6 Å². The van der Waals surface area contributed by atoms with Crippen LogP contribution in [0.25, 0.3) is 100 Å². The zero-order chi connectivity index (χ0) is 41.7. The SMILES string of the molecule is c1ccc(-c2cccc(-c3nc(-c4ccccc4)nc(-c4cccc5oc6cc(-c7ccc(N(c8ccccc8)c8cccc9c8oc8ccccc89)cc7)ccc6c45)n3)c2)cc1. The number of furan rings is 2. The van der Waals surface area contributed by atoms with E-state index in [9.17, 15) is 0 Å². The van der Waals surface area contributed by atoms with Crippen LogP contribution < -0.4 is 4.90 Å². The molecule has 6 nitrogen and oxygen atoms in total. The topological polar surface area (TPSA) is 68.2 Å². The Balaban J connectivity index is 0.935. The highest BCUT2D eigenvalue weighted by Gasteiger charge is 2.21. The Morgan fingerprint density at radius 2 is 0.873 bits per heavy atom. The van der Waals surface area contributed by atoms with Gasteiger partial charge in [-0.2, -0.15) is 0 Å². The molecule has 3 aromatic heterocycles. The first-order valence-corrected chi connectivity index (χ1v) is 21.0. The van der Waals surface area contributed by atoms with Crippen LogP contribution >= 0.6 is 0 Å². The Morgan fingerprint density at radius 3 is 1.68 bits per heavy atom. The fourth-order valence-electron chi connectivity index (χ4n) is 8.72. The van der Waals surface area contributed by atoms with Crippen molar-refractivity contribution in [1.82, 2.24) is 15.0 Å². The quantitative estimate of drug-likeness (QED) is 0.152. The van der Waals surface area contributed by atoms with Crippen molar-refractivity contribution >= 4 is 60.9 Å². The molecule has 0 saturated heterocycles. The molecule has 12 aromatic rings. The molecule has 0 bridgehead atoms. The van der Waals surface area contributed by atoms with Crippen LogP contribution in [0.5, 0.6) is 0 Å². The van der Waals surface area contributed by atoms with Gasteiger partial charge in [0.2, 0.25) is 0 Å². The molecular weight excluding hydrogens is 773 g/mol. The molecule has 12 rings (SSSR count). The third-order valence-corrected chi connectivity index (χ3v) is 11.7. The maximum absolute atomic E-state index is 6.62. The minimum absolute atomic E-state index is 0.582. The van der Waals surface area contributed by atoms with Crippen LogP contribution in [0, 0.1) is 0 Å². The van der Waals surface area contributed by atoms with E-state index in [1.165, 1.54) is 0 Å². The van der Waals surface area contributed by atoms with Crippen molar-refractivity contribution in [1.29, 1.82) is 0 Å². The van der Waals surface area contributed by atoms with Crippen molar-refractivity contribution < 1.29 is 8.83 Å². The number of benzene rings is 9. The van der Waals surface area contributed by atoms with Crippen LogP contribution in [0.15, 0.2) is 227 Å². The summed E-state index contributed by atoms with van der Waals surface area (Å²) < 4.78 is 13.1. The monoisotopic (exact) mass is 808 g/mol. The van der Waals surface area contributed by atoms with Crippen LogP contribution in [0.1, 0.15) is 0 Å². The Hall–Kier alpha value is -8.61. The molecule has 296 valence electrons. The molecule has 0 unspecified atom stereocenters. The summed E-state index contributed by atoms with van der Waals surface area (Å²) in [6, 6.07) is 75.0. The van der Waals surface area contributed by atoms with Gasteiger partial charge < -0.3 is 13.7 Å². The van der Waals surface area contributed by atoms with E-state index in [2.05, 4.69) is 157 Å².